The molecular formula is C33H37FN6O3. The summed E-state index contributed by atoms with van der Waals surface area (Å²) in [5.41, 5.74) is 2.38. The molecule has 0 atom stereocenters. The predicted octanol–water partition coefficient (Wildman–Crippen LogP) is 4.61. The number of hydrogen-bond acceptors (Lipinski definition) is 8. The van der Waals surface area contributed by atoms with Gasteiger partial charge in [0.25, 0.3) is 0 Å². The number of aryl methyl sites for hydroxylation is 1. The number of halogens is 1. The van der Waals surface area contributed by atoms with Gasteiger partial charge in [0, 0.05) is 31.4 Å². The van der Waals surface area contributed by atoms with Crippen LogP contribution in [0.1, 0.15) is 62.5 Å². The quantitative estimate of drug-likeness (QED) is 0.448. The normalized spacial score (nSPS) is 22.3. The number of hydrogen-bond donors (Lipinski definition) is 2. The number of anilines is 1. The van der Waals surface area contributed by atoms with Gasteiger partial charge in [-0.3, -0.25) is 14.7 Å². The van der Waals surface area contributed by atoms with Crippen molar-refractivity contribution >= 4 is 28.7 Å². The van der Waals surface area contributed by atoms with E-state index in [1.54, 1.807) is 18.3 Å². The third-order valence-electron chi connectivity index (χ3n) is 10.7. The molecule has 0 bridgehead atoms. The Morgan fingerprint density at radius 2 is 1.86 bits per heavy atom. The Morgan fingerprint density at radius 1 is 1.05 bits per heavy atom. The number of ether oxygens (including phenoxy) is 1. The number of allylic oxidation sites excluding steroid dienone is 1. The van der Waals surface area contributed by atoms with Gasteiger partial charge < -0.3 is 20.1 Å². The minimum Gasteiger partial charge on any atom is -0.508 e. The molecular weight excluding hydrogens is 547 g/mol. The predicted molar refractivity (Wildman–Crippen MR) is 162 cm³/mol. The number of phenols is 1. The smallest absolute Gasteiger partial charge is 0.319 e. The highest BCUT2D eigenvalue weighted by molar-refractivity contribution is 5.93. The number of carbonyl (C=O) groups is 1. The maximum absolute atomic E-state index is 16.6. The van der Waals surface area contributed by atoms with E-state index in [4.69, 9.17) is 9.72 Å². The Bertz CT molecular complexity index is 1640. The summed E-state index contributed by atoms with van der Waals surface area (Å²) in [4.78, 5) is 31.4. The van der Waals surface area contributed by atoms with Crippen molar-refractivity contribution in [3.8, 4) is 23.0 Å². The molecule has 10 heteroatoms. The lowest BCUT2D eigenvalue weighted by Crippen LogP contribution is -2.44. The van der Waals surface area contributed by atoms with E-state index in [-0.39, 0.29) is 39.8 Å². The molecule has 5 aliphatic rings. The van der Waals surface area contributed by atoms with E-state index in [9.17, 15) is 9.90 Å². The Kier molecular flexibility index (Phi) is 6.33. The molecule has 0 saturated carbocycles. The molecule has 1 amide bonds. The maximum Gasteiger partial charge on any atom is 0.319 e. The largest absolute Gasteiger partial charge is 0.508 e. The molecule has 6 heterocycles. The first-order valence-corrected chi connectivity index (χ1v) is 15.7. The van der Waals surface area contributed by atoms with Gasteiger partial charge in [0.1, 0.15) is 29.4 Å². The molecule has 9 nitrogen and oxygen atoms in total. The Labute approximate surface area is 250 Å². The summed E-state index contributed by atoms with van der Waals surface area (Å²) in [5.74, 6) is 0.272. The Morgan fingerprint density at radius 3 is 2.63 bits per heavy atom. The van der Waals surface area contributed by atoms with Crippen molar-refractivity contribution < 1.29 is 19.0 Å². The van der Waals surface area contributed by atoms with Crippen LogP contribution in [0.5, 0.6) is 11.8 Å². The number of nitrogens with one attached hydrogen (secondary N) is 1. The summed E-state index contributed by atoms with van der Waals surface area (Å²) in [6.45, 7) is 4.63. The minimum atomic E-state index is -0.553. The average Bonchev–Trinajstić information content (AvgIpc) is 3.71. The van der Waals surface area contributed by atoms with Crippen LogP contribution in [0.3, 0.4) is 0 Å². The molecule has 0 radical (unpaired) electrons. The van der Waals surface area contributed by atoms with Gasteiger partial charge in [0.05, 0.1) is 16.3 Å². The number of pyridine rings is 1. The standard InChI is InChI=1S/C33H37FN6O3/c34-26-27(24-18-22(41)17-21-5-1-2-6-23(21)24)36-19-25-28(26)37-31(43-20-33-7-3-13-40(33)14-4-8-33)38-29(25)39-15-10-32(11-16-39)9-12-35-30(32)42/h2,6,17-19,41H,1,3-5,7-16,20H2,(H,35,42). The molecule has 2 aromatic heterocycles. The fourth-order valence-electron chi connectivity index (χ4n) is 8.25. The van der Waals surface area contributed by atoms with E-state index in [0.717, 1.165) is 75.7 Å². The zero-order valence-electron chi connectivity index (χ0n) is 24.4. The summed E-state index contributed by atoms with van der Waals surface area (Å²) in [6, 6.07) is 3.50. The molecule has 4 fully saturated rings. The van der Waals surface area contributed by atoms with Crippen molar-refractivity contribution in [3.63, 3.8) is 0 Å². The highest BCUT2D eigenvalue weighted by atomic mass is 19.1. The highest BCUT2D eigenvalue weighted by Crippen LogP contribution is 2.43. The summed E-state index contributed by atoms with van der Waals surface area (Å²) < 4.78 is 23.0. The summed E-state index contributed by atoms with van der Waals surface area (Å²) >= 11 is 0. The molecule has 0 unspecified atom stereocenters. The van der Waals surface area contributed by atoms with Crippen LogP contribution in [0.25, 0.3) is 28.2 Å². The molecule has 4 aliphatic heterocycles. The number of amides is 1. The number of nitrogens with zero attached hydrogens (tertiary/aromatic N) is 5. The van der Waals surface area contributed by atoms with Crippen molar-refractivity contribution in [1.82, 2.24) is 25.2 Å². The number of aromatic hydroxyl groups is 1. The van der Waals surface area contributed by atoms with Crippen molar-refractivity contribution in [2.75, 3.05) is 44.2 Å². The van der Waals surface area contributed by atoms with Crippen LogP contribution in [-0.2, 0) is 11.2 Å². The lowest BCUT2D eigenvalue weighted by Gasteiger charge is -2.38. The Hall–Kier alpha value is -3.79. The second-order valence-corrected chi connectivity index (χ2v) is 13.0. The van der Waals surface area contributed by atoms with Crippen LogP contribution >= 0.6 is 0 Å². The van der Waals surface area contributed by atoms with E-state index in [0.29, 0.717) is 49.3 Å². The summed E-state index contributed by atoms with van der Waals surface area (Å²) in [5, 5.41) is 14.0. The van der Waals surface area contributed by atoms with Crippen LogP contribution in [0.15, 0.2) is 24.4 Å². The second kappa shape index (κ2) is 10.1. The van der Waals surface area contributed by atoms with Crippen LogP contribution in [0.4, 0.5) is 10.2 Å². The van der Waals surface area contributed by atoms with Gasteiger partial charge >= 0.3 is 6.01 Å². The van der Waals surface area contributed by atoms with Crippen molar-refractivity contribution in [3.05, 3.63) is 41.3 Å². The van der Waals surface area contributed by atoms with E-state index in [1.165, 1.54) is 0 Å². The average molecular weight is 585 g/mol. The van der Waals surface area contributed by atoms with Crippen molar-refractivity contribution in [1.29, 1.82) is 0 Å². The molecule has 1 spiro atoms. The lowest BCUT2D eigenvalue weighted by molar-refractivity contribution is -0.128. The topological polar surface area (TPSA) is 104 Å². The van der Waals surface area contributed by atoms with Gasteiger partial charge in [-0.25, -0.2) is 4.39 Å². The number of rotatable bonds is 5. The van der Waals surface area contributed by atoms with Crippen LogP contribution in [0.2, 0.25) is 0 Å². The minimum absolute atomic E-state index is 0.000727. The van der Waals surface area contributed by atoms with Gasteiger partial charge in [-0.1, -0.05) is 12.2 Å². The molecule has 4 saturated heterocycles. The van der Waals surface area contributed by atoms with E-state index < -0.39 is 5.82 Å². The van der Waals surface area contributed by atoms with Gasteiger partial charge in [0.2, 0.25) is 5.91 Å². The summed E-state index contributed by atoms with van der Waals surface area (Å²) in [7, 11) is 0. The fourth-order valence-corrected chi connectivity index (χ4v) is 8.25. The number of piperidine rings is 1. The van der Waals surface area contributed by atoms with Crippen LogP contribution in [0, 0.1) is 11.2 Å². The molecule has 43 heavy (non-hydrogen) atoms. The Balaban J connectivity index is 1.21. The zero-order valence-corrected chi connectivity index (χ0v) is 24.4. The monoisotopic (exact) mass is 584 g/mol. The maximum atomic E-state index is 16.6. The molecule has 3 aromatic rings. The summed E-state index contributed by atoms with van der Waals surface area (Å²) in [6.07, 6.45) is 14.1. The molecule has 1 aromatic carbocycles. The third kappa shape index (κ3) is 4.36. The van der Waals surface area contributed by atoms with Crippen molar-refractivity contribution in [2.45, 2.75) is 63.3 Å². The van der Waals surface area contributed by atoms with Gasteiger partial charge in [-0.05, 0) is 94.1 Å². The van der Waals surface area contributed by atoms with E-state index in [2.05, 4.69) is 31.2 Å². The first kappa shape index (κ1) is 26.8. The van der Waals surface area contributed by atoms with Crippen LogP contribution in [-0.4, -0.2) is 75.7 Å². The van der Waals surface area contributed by atoms with Gasteiger partial charge in [-0.2, -0.15) is 9.97 Å². The van der Waals surface area contributed by atoms with Crippen LogP contribution < -0.4 is 15.0 Å². The molecule has 1 aliphatic carbocycles. The number of aromatic nitrogens is 3. The number of phenolic OH excluding ortho intramolecular Hbond substituents is 1. The first-order chi connectivity index (χ1) is 20.9. The fraction of sp³-hybridized carbons (Fsp3) is 0.515. The van der Waals surface area contributed by atoms with E-state index in [1.807, 2.05) is 6.08 Å². The number of carbonyl (C=O) groups excluding carboxylic acids is 1. The third-order valence-corrected chi connectivity index (χ3v) is 10.7. The number of benzene rings is 1. The SMILES string of the molecule is O=C1NCCC12CCN(c1nc(OCC34CCCN3CCC4)nc3c(F)c(-c4cc(O)cc5c4C=CCC5)ncc13)CC2. The highest BCUT2D eigenvalue weighted by Gasteiger charge is 2.46. The molecule has 224 valence electrons. The first-order valence-electron chi connectivity index (χ1n) is 15.7. The van der Waals surface area contributed by atoms with Gasteiger partial charge in [-0.15, -0.1) is 0 Å². The second-order valence-electron chi connectivity index (χ2n) is 13.0. The van der Waals surface area contributed by atoms with E-state index >= 15 is 4.39 Å². The van der Waals surface area contributed by atoms with Crippen molar-refractivity contribution in [2.24, 2.45) is 5.41 Å². The molecule has 2 N–H and O–H groups in total. The lowest BCUT2D eigenvalue weighted by atomic mass is 9.77. The number of fused-ring (bicyclic) bond motifs is 3. The van der Waals surface area contributed by atoms with Gasteiger partial charge in [0.15, 0.2) is 5.82 Å². The zero-order chi connectivity index (χ0) is 29.2. The molecule has 8 rings (SSSR count).